The van der Waals surface area contributed by atoms with Crippen LogP contribution >= 0.6 is 45.9 Å². The number of hydrogen-bond donors (Lipinski definition) is 0. The van der Waals surface area contributed by atoms with E-state index in [1.807, 2.05) is 35.0 Å². The second-order valence-electron chi connectivity index (χ2n) is 14.6. The number of methoxy groups -OCH3 is 6. The summed E-state index contributed by atoms with van der Waals surface area (Å²) in [7, 11) is 1.91. The molecule has 0 spiro atoms. The standard InChI is InChI=1S/C23H27N3O6S2.C21H21Cl2N3O4S2/c1-29-17-11-16(12-18(13-17)30-2)20-15-33-23(24-20)25-7-9-26(10-8-25)34(27,28)19-5-6-21(31-3)22(14-19)32-4;1-29-19-6-4-15(12-20(19)30-2)32(27,28)26-9-7-25(8-10-26)21-24-18(13-31-21)14-3-5-16(22)17(23)11-14/h5-6,11-15H,7-10H2,1-4H3;3-6,11-13H,7-10H2,1-2H3. The molecule has 16 nitrogen and oxygen atoms in total. The zero-order valence-corrected chi connectivity index (χ0v) is 41.7. The van der Waals surface area contributed by atoms with Crippen LogP contribution in [0.2, 0.25) is 10.0 Å². The van der Waals surface area contributed by atoms with E-state index in [0.717, 1.165) is 32.8 Å². The van der Waals surface area contributed by atoms with E-state index >= 15 is 0 Å². The first-order chi connectivity index (χ1) is 31.7. The number of thiazole rings is 2. The molecule has 2 aromatic heterocycles. The van der Waals surface area contributed by atoms with Crippen molar-refractivity contribution < 1.29 is 45.3 Å². The number of ether oxygens (including phenoxy) is 6. The maximum atomic E-state index is 13.2. The second kappa shape index (κ2) is 21.3. The molecule has 4 heterocycles. The maximum Gasteiger partial charge on any atom is 0.243 e. The summed E-state index contributed by atoms with van der Waals surface area (Å²) in [5.41, 5.74) is 3.41. The molecular weight excluding hydrogens is 972 g/mol. The molecule has 66 heavy (non-hydrogen) atoms. The average Bonchev–Trinajstić information content (AvgIpc) is 4.06. The Morgan fingerprint density at radius 2 is 0.894 bits per heavy atom. The Labute approximate surface area is 402 Å². The van der Waals surface area contributed by atoms with Crippen molar-refractivity contribution in [1.29, 1.82) is 0 Å². The SMILES string of the molecule is COc1cc(OC)cc(-c2csc(N3CCN(S(=O)(=O)c4ccc(OC)c(OC)c4)CC3)n2)c1.COc1ccc(S(=O)(=O)N2CCN(c3nc(-c4ccc(Cl)c(Cl)c4)cs3)CC2)cc1OC. The molecule has 22 heteroatoms. The summed E-state index contributed by atoms with van der Waals surface area (Å²) < 4.78 is 87.2. The highest BCUT2D eigenvalue weighted by Crippen LogP contribution is 2.36. The van der Waals surface area contributed by atoms with Crippen molar-refractivity contribution in [2.24, 2.45) is 0 Å². The predicted octanol–water partition coefficient (Wildman–Crippen LogP) is 8.00. The third-order valence-corrected chi connectivity index (χ3v) is 17.2. The Morgan fingerprint density at radius 3 is 1.29 bits per heavy atom. The molecule has 0 saturated carbocycles. The van der Waals surface area contributed by atoms with Crippen molar-refractivity contribution in [3.05, 3.63) is 93.6 Å². The Morgan fingerprint density at radius 1 is 0.470 bits per heavy atom. The lowest BCUT2D eigenvalue weighted by Gasteiger charge is -2.33. The van der Waals surface area contributed by atoms with Gasteiger partial charge in [-0.3, -0.25) is 0 Å². The molecule has 2 saturated heterocycles. The minimum atomic E-state index is -3.65. The molecule has 4 aromatic carbocycles. The lowest BCUT2D eigenvalue weighted by molar-refractivity contribution is 0.353. The summed E-state index contributed by atoms with van der Waals surface area (Å²) in [6.07, 6.45) is 0. The lowest BCUT2D eigenvalue weighted by Crippen LogP contribution is -2.48. The van der Waals surface area contributed by atoms with Crippen LogP contribution in [0.25, 0.3) is 22.5 Å². The van der Waals surface area contributed by atoms with Crippen LogP contribution in [0.1, 0.15) is 0 Å². The highest BCUT2D eigenvalue weighted by Gasteiger charge is 2.32. The highest BCUT2D eigenvalue weighted by atomic mass is 35.5. The van der Waals surface area contributed by atoms with Gasteiger partial charge in [0, 0.05) is 92.4 Å². The minimum absolute atomic E-state index is 0.180. The molecule has 0 bridgehead atoms. The van der Waals surface area contributed by atoms with Crippen molar-refractivity contribution in [2.45, 2.75) is 9.79 Å². The van der Waals surface area contributed by atoms with Crippen molar-refractivity contribution in [3.63, 3.8) is 0 Å². The quantitative estimate of drug-likeness (QED) is 0.103. The van der Waals surface area contributed by atoms with E-state index in [0.29, 0.717) is 96.9 Å². The first-order valence-corrected chi connectivity index (χ1v) is 25.7. The van der Waals surface area contributed by atoms with Gasteiger partial charge in [-0.2, -0.15) is 8.61 Å². The number of sulfonamides is 2. The van der Waals surface area contributed by atoms with Crippen molar-refractivity contribution in [3.8, 4) is 57.0 Å². The van der Waals surface area contributed by atoms with E-state index in [1.165, 1.54) is 77.9 Å². The predicted molar refractivity (Wildman–Crippen MR) is 259 cm³/mol. The molecule has 0 unspecified atom stereocenters. The monoisotopic (exact) mass is 1020 g/mol. The third-order valence-electron chi connectivity index (χ3n) is 10.9. The van der Waals surface area contributed by atoms with E-state index in [9.17, 15) is 16.8 Å². The number of hydrogen-bond acceptors (Lipinski definition) is 16. The molecule has 0 radical (unpaired) electrons. The van der Waals surface area contributed by atoms with Crippen LogP contribution < -0.4 is 38.2 Å². The van der Waals surface area contributed by atoms with Gasteiger partial charge in [-0.25, -0.2) is 26.8 Å². The van der Waals surface area contributed by atoms with E-state index in [-0.39, 0.29) is 9.79 Å². The molecule has 0 aliphatic carbocycles. The summed E-state index contributed by atoms with van der Waals surface area (Å²) >= 11 is 15.2. The van der Waals surface area contributed by atoms with Crippen LogP contribution in [-0.2, 0) is 20.0 Å². The van der Waals surface area contributed by atoms with Gasteiger partial charge in [-0.15, -0.1) is 22.7 Å². The normalized spacial score (nSPS) is 14.8. The molecule has 352 valence electrons. The van der Waals surface area contributed by atoms with Gasteiger partial charge in [0.25, 0.3) is 0 Å². The van der Waals surface area contributed by atoms with Gasteiger partial charge in [0.1, 0.15) is 11.5 Å². The number of anilines is 2. The largest absolute Gasteiger partial charge is 0.497 e. The van der Waals surface area contributed by atoms with E-state index in [4.69, 9.17) is 61.6 Å². The number of piperazine rings is 2. The molecule has 2 aliphatic heterocycles. The van der Waals surface area contributed by atoms with Crippen LogP contribution in [-0.4, -0.2) is 130 Å². The smallest absolute Gasteiger partial charge is 0.243 e. The fourth-order valence-corrected chi connectivity index (χ4v) is 12.1. The van der Waals surface area contributed by atoms with E-state index < -0.39 is 20.0 Å². The Balaban J connectivity index is 0.000000197. The van der Waals surface area contributed by atoms with E-state index in [2.05, 4.69) is 9.80 Å². The van der Waals surface area contributed by atoms with E-state index in [1.54, 1.807) is 44.6 Å². The molecule has 8 rings (SSSR count). The first kappa shape index (κ1) is 48.9. The fourth-order valence-electron chi connectivity index (χ4n) is 7.19. The van der Waals surface area contributed by atoms with Gasteiger partial charge in [0.05, 0.1) is 73.9 Å². The zero-order chi connectivity index (χ0) is 47.2. The summed E-state index contributed by atoms with van der Waals surface area (Å²) in [6.45, 7) is 3.61. The number of halogens is 2. The number of aromatic nitrogens is 2. The van der Waals surface area contributed by atoms with Gasteiger partial charge in [0.15, 0.2) is 33.3 Å². The van der Waals surface area contributed by atoms with Gasteiger partial charge >= 0.3 is 0 Å². The Kier molecular flexibility index (Phi) is 15.7. The lowest BCUT2D eigenvalue weighted by atomic mass is 10.1. The average molecular weight is 1020 g/mol. The summed E-state index contributed by atoms with van der Waals surface area (Å²) in [6, 6.07) is 20.3. The molecule has 2 aliphatic rings. The fraction of sp³-hybridized carbons (Fsp3) is 0.318. The minimum Gasteiger partial charge on any atom is -0.497 e. The Hall–Kier alpha value is -5.06. The van der Waals surface area contributed by atoms with Gasteiger partial charge in [-0.1, -0.05) is 29.3 Å². The van der Waals surface area contributed by atoms with Crippen LogP contribution in [0, 0.1) is 0 Å². The Bertz CT molecular complexity index is 2850. The molecular formula is C44H48Cl2N6O10S4. The molecule has 0 amide bonds. The molecule has 0 N–H and O–H groups in total. The molecule has 2 fully saturated rings. The van der Waals surface area contributed by atoms with Crippen LogP contribution in [0.15, 0.2) is 93.3 Å². The maximum absolute atomic E-state index is 13.2. The number of benzene rings is 4. The number of nitrogens with zero attached hydrogens (tertiary/aromatic N) is 6. The van der Waals surface area contributed by atoms with Gasteiger partial charge in [-0.05, 0) is 48.5 Å². The van der Waals surface area contributed by atoms with Crippen molar-refractivity contribution in [2.75, 3.05) is 105 Å². The summed E-state index contributed by atoms with van der Waals surface area (Å²) in [5, 5.41) is 6.61. The van der Waals surface area contributed by atoms with Crippen molar-refractivity contribution in [1.82, 2.24) is 18.6 Å². The molecule has 0 atom stereocenters. The topological polar surface area (TPSA) is 162 Å². The zero-order valence-electron chi connectivity index (χ0n) is 36.9. The summed E-state index contributed by atoms with van der Waals surface area (Å²) in [5.74, 6) is 3.12. The van der Waals surface area contributed by atoms with Gasteiger partial charge < -0.3 is 38.2 Å². The second-order valence-corrected chi connectivity index (χ2v) is 20.9. The third kappa shape index (κ3) is 10.7. The summed E-state index contributed by atoms with van der Waals surface area (Å²) in [4.78, 5) is 14.0. The first-order valence-electron chi connectivity index (χ1n) is 20.3. The van der Waals surface area contributed by atoms with Gasteiger partial charge in [0.2, 0.25) is 20.0 Å². The number of rotatable bonds is 14. The van der Waals surface area contributed by atoms with Crippen LogP contribution in [0.4, 0.5) is 10.3 Å². The highest BCUT2D eigenvalue weighted by molar-refractivity contribution is 7.89. The van der Waals surface area contributed by atoms with Crippen LogP contribution in [0.5, 0.6) is 34.5 Å². The van der Waals surface area contributed by atoms with Crippen LogP contribution in [0.3, 0.4) is 0 Å². The molecule has 6 aromatic rings. The van der Waals surface area contributed by atoms with Crippen molar-refractivity contribution >= 4 is 76.2 Å².